The Morgan fingerprint density at radius 3 is 2.92 bits per heavy atom. The van der Waals surface area contributed by atoms with Crippen molar-refractivity contribution in [2.75, 3.05) is 11.9 Å². The Balaban J connectivity index is 1.75. The number of aryl methyl sites for hydroxylation is 1. The van der Waals surface area contributed by atoms with Crippen molar-refractivity contribution in [3.05, 3.63) is 36.2 Å². The van der Waals surface area contributed by atoms with Crippen LogP contribution in [0.1, 0.15) is 32.4 Å². The van der Waals surface area contributed by atoms with E-state index >= 15 is 0 Å². The Hall–Kier alpha value is -2.34. The fraction of sp³-hybridized carbons (Fsp3) is 0.444. The molecule has 24 heavy (non-hydrogen) atoms. The molecule has 1 aromatic heterocycles. The van der Waals surface area contributed by atoms with E-state index in [9.17, 15) is 9.90 Å². The molecule has 1 saturated heterocycles. The number of carbonyl (C=O) groups is 1. The van der Waals surface area contributed by atoms with E-state index in [4.69, 9.17) is 4.42 Å². The van der Waals surface area contributed by atoms with Gasteiger partial charge in [-0.25, -0.2) is 9.78 Å². The van der Waals surface area contributed by atoms with E-state index in [1.54, 1.807) is 25.0 Å². The molecular formula is C18H23N3O3. The van der Waals surface area contributed by atoms with E-state index in [1.165, 1.54) is 0 Å². The summed E-state index contributed by atoms with van der Waals surface area (Å²) in [4.78, 5) is 18.6. The molecule has 2 amide bonds. The number of hydrogen-bond donors (Lipinski definition) is 2. The lowest BCUT2D eigenvalue weighted by Gasteiger charge is -2.33. The number of rotatable bonds is 3. The van der Waals surface area contributed by atoms with E-state index in [0.717, 1.165) is 24.1 Å². The van der Waals surface area contributed by atoms with Gasteiger partial charge in [-0.2, -0.15) is 0 Å². The summed E-state index contributed by atoms with van der Waals surface area (Å²) in [5.74, 6) is 0.527. The molecule has 2 aromatic rings. The molecule has 0 radical (unpaired) electrons. The zero-order valence-corrected chi connectivity index (χ0v) is 14.2. The summed E-state index contributed by atoms with van der Waals surface area (Å²) >= 11 is 0. The molecule has 0 spiro atoms. The predicted octanol–water partition coefficient (Wildman–Crippen LogP) is 3.42. The molecule has 0 bridgehead atoms. The first-order chi connectivity index (χ1) is 11.3. The predicted molar refractivity (Wildman–Crippen MR) is 91.7 cm³/mol. The highest BCUT2D eigenvalue weighted by Crippen LogP contribution is 2.28. The lowest BCUT2D eigenvalue weighted by molar-refractivity contribution is 0.0117. The molecule has 0 aliphatic carbocycles. The van der Waals surface area contributed by atoms with Crippen molar-refractivity contribution in [3.8, 4) is 11.5 Å². The maximum absolute atomic E-state index is 12.6. The third-order valence-corrected chi connectivity index (χ3v) is 4.31. The van der Waals surface area contributed by atoms with E-state index in [2.05, 4.69) is 10.3 Å². The number of amides is 2. The molecule has 1 unspecified atom stereocenters. The van der Waals surface area contributed by atoms with Crippen LogP contribution < -0.4 is 5.32 Å². The van der Waals surface area contributed by atoms with Crippen LogP contribution in [0.4, 0.5) is 10.5 Å². The van der Waals surface area contributed by atoms with Gasteiger partial charge in [0.25, 0.3) is 0 Å². The highest BCUT2D eigenvalue weighted by Gasteiger charge is 2.38. The van der Waals surface area contributed by atoms with Crippen LogP contribution in [0.3, 0.4) is 0 Å². The van der Waals surface area contributed by atoms with Crippen molar-refractivity contribution >= 4 is 11.7 Å². The minimum Gasteiger partial charge on any atom is -0.444 e. The summed E-state index contributed by atoms with van der Waals surface area (Å²) < 4.78 is 5.40. The molecule has 1 fully saturated rings. The molecule has 128 valence electrons. The number of aromatic nitrogens is 1. The second kappa shape index (κ2) is 6.28. The van der Waals surface area contributed by atoms with Crippen molar-refractivity contribution < 1.29 is 14.3 Å². The highest BCUT2D eigenvalue weighted by molar-refractivity contribution is 5.90. The van der Waals surface area contributed by atoms with Gasteiger partial charge >= 0.3 is 6.03 Å². The number of nitrogens with zero attached hydrogens (tertiary/aromatic N) is 2. The number of likely N-dealkylation sites (tertiary alicyclic amines) is 1. The highest BCUT2D eigenvalue weighted by atomic mass is 16.3. The molecular weight excluding hydrogens is 306 g/mol. The van der Waals surface area contributed by atoms with Crippen molar-refractivity contribution in [3.63, 3.8) is 0 Å². The number of nitrogens with one attached hydrogen (secondary N) is 1. The van der Waals surface area contributed by atoms with Crippen LogP contribution in [0.15, 0.2) is 34.9 Å². The minimum absolute atomic E-state index is 0.171. The number of urea groups is 1. The fourth-order valence-electron chi connectivity index (χ4n) is 3.16. The maximum Gasteiger partial charge on any atom is 0.322 e. The minimum atomic E-state index is -0.911. The van der Waals surface area contributed by atoms with Crippen LogP contribution in [0.25, 0.3) is 11.5 Å². The Labute approximate surface area is 141 Å². The maximum atomic E-state index is 12.6. The SMILES string of the molecule is Cc1coc(-c2cccc(NC(=O)N3CCCC3C(C)(C)O)c2)n1. The van der Waals surface area contributed by atoms with Crippen molar-refractivity contribution in [2.24, 2.45) is 0 Å². The zero-order chi connectivity index (χ0) is 17.3. The largest absolute Gasteiger partial charge is 0.444 e. The number of anilines is 1. The molecule has 2 N–H and O–H groups in total. The van der Waals surface area contributed by atoms with E-state index in [0.29, 0.717) is 18.1 Å². The monoisotopic (exact) mass is 329 g/mol. The number of carbonyl (C=O) groups excluding carboxylic acids is 1. The lowest BCUT2D eigenvalue weighted by Crippen LogP contribution is -2.49. The zero-order valence-electron chi connectivity index (χ0n) is 14.2. The molecule has 6 nitrogen and oxygen atoms in total. The first-order valence-corrected chi connectivity index (χ1v) is 8.17. The number of aliphatic hydroxyl groups is 1. The average molecular weight is 329 g/mol. The number of benzene rings is 1. The van der Waals surface area contributed by atoms with Gasteiger partial charge in [0.15, 0.2) is 0 Å². The summed E-state index contributed by atoms with van der Waals surface area (Å²) in [6, 6.07) is 7.03. The lowest BCUT2D eigenvalue weighted by atomic mass is 9.97. The van der Waals surface area contributed by atoms with Gasteiger partial charge < -0.3 is 19.7 Å². The van der Waals surface area contributed by atoms with Crippen LogP contribution in [0.5, 0.6) is 0 Å². The molecule has 1 aromatic carbocycles. The topological polar surface area (TPSA) is 78.6 Å². The Morgan fingerprint density at radius 1 is 1.46 bits per heavy atom. The Kier molecular flexibility index (Phi) is 4.32. The Morgan fingerprint density at radius 2 is 2.25 bits per heavy atom. The average Bonchev–Trinajstić information content (AvgIpc) is 3.15. The number of hydrogen-bond acceptors (Lipinski definition) is 4. The summed E-state index contributed by atoms with van der Waals surface area (Å²) in [5.41, 5.74) is 1.38. The van der Waals surface area contributed by atoms with Crippen molar-refractivity contribution in [2.45, 2.75) is 45.3 Å². The van der Waals surface area contributed by atoms with Gasteiger partial charge in [-0.15, -0.1) is 0 Å². The first kappa shape index (κ1) is 16.5. The number of oxazole rings is 1. The van der Waals surface area contributed by atoms with E-state index < -0.39 is 5.60 Å². The van der Waals surface area contributed by atoms with Gasteiger partial charge in [0.2, 0.25) is 5.89 Å². The molecule has 6 heteroatoms. The van der Waals surface area contributed by atoms with Crippen LogP contribution >= 0.6 is 0 Å². The third kappa shape index (κ3) is 3.43. The smallest absolute Gasteiger partial charge is 0.322 e. The molecule has 3 rings (SSSR count). The third-order valence-electron chi connectivity index (χ3n) is 4.31. The molecule has 0 saturated carbocycles. The van der Waals surface area contributed by atoms with Crippen LogP contribution in [0, 0.1) is 6.92 Å². The van der Waals surface area contributed by atoms with Crippen LogP contribution in [-0.4, -0.2) is 39.2 Å². The summed E-state index contributed by atoms with van der Waals surface area (Å²) in [6.45, 7) is 6.01. The van der Waals surface area contributed by atoms with Crippen molar-refractivity contribution in [1.29, 1.82) is 0 Å². The van der Waals surface area contributed by atoms with Gasteiger partial charge in [0, 0.05) is 17.8 Å². The van der Waals surface area contributed by atoms with Crippen molar-refractivity contribution in [1.82, 2.24) is 9.88 Å². The second-order valence-electron chi connectivity index (χ2n) is 6.81. The molecule has 1 aliphatic rings. The van der Waals surface area contributed by atoms with Gasteiger partial charge in [-0.1, -0.05) is 6.07 Å². The molecule has 1 atom stereocenters. The van der Waals surface area contributed by atoms with Gasteiger partial charge in [-0.05, 0) is 51.8 Å². The van der Waals surface area contributed by atoms with E-state index in [1.807, 2.05) is 31.2 Å². The molecule has 2 heterocycles. The summed E-state index contributed by atoms with van der Waals surface area (Å²) in [7, 11) is 0. The summed E-state index contributed by atoms with van der Waals surface area (Å²) in [5, 5.41) is 13.2. The molecule has 1 aliphatic heterocycles. The van der Waals surface area contributed by atoms with Crippen LogP contribution in [0.2, 0.25) is 0 Å². The van der Waals surface area contributed by atoms with E-state index in [-0.39, 0.29) is 12.1 Å². The van der Waals surface area contributed by atoms with Gasteiger partial charge in [0.1, 0.15) is 6.26 Å². The quantitative estimate of drug-likeness (QED) is 0.904. The normalized spacial score (nSPS) is 18.0. The van der Waals surface area contributed by atoms with Crippen LogP contribution in [-0.2, 0) is 0 Å². The fourth-order valence-corrected chi connectivity index (χ4v) is 3.16. The summed E-state index contributed by atoms with van der Waals surface area (Å²) in [6.07, 6.45) is 3.31. The van der Waals surface area contributed by atoms with Gasteiger partial charge in [0.05, 0.1) is 17.3 Å². The second-order valence-corrected chi connectivity index (χ2v) is 6.81. The Bertz CT molecular complexity index is 733. The standard InChI is InChI=1S/C18H23N3O3/c1-12-11-24-16(19-12)13-6-4-7-14(10-13)20-17(22)21-9-5-8-15(21)18(2,3)23/h4,6-7,10-11,15,23H,5,8-9H2,1-3H3,(H,20,22). The first-order valence-electron chi connectivity index (χ1n) is 8.17. The van der Waals surface area contributed by atoms with Gasteiger partial charge in [-0.3, -0.25) is 0 Å².